The van der Waals surface area contributed by atoms with Crippen molar-refractivity contribution in [2.24, 2.45) is 0 Å². The number of amides is 3. The number of hydrogen-bond donors (Lipinski definition) is 2. The van der Waals surface area contributed by atoms with Gasteiger partial charge in [0.15, 0.2) is 5.13 Å². The van der Waals surface area contributed by atoms with Gasteiger partial charge in [-0.1, -0.05) is 53.8 Å². The second kappa shape index (κ2) is 9.93. The van der Waals surface area contributed by atoms with E-state index >= 15 is 0 Å². The Morgan fingerprint density at radius 3 is 2.44 bits per heavy atom. The lowest BCUT2D eigenvalue weighted by molar-refractivity contribution is 0.0632. The van der Waals surface area contributed by atoms with E-state index in [1.165, 1.54) is 16.9 Å². The van der Waals surface area contributed by atoms with Crippen LogP contribution in [0.3, 0.4) is 0 Å². The number of rotatable bonds is 5. The normalized spacial score (nSPS) is 14.2. The van der Waals surface area contributed by atoms with E-state index in [0.29, 0.717) is 34.5 Å². The molecule has 8 heteroatoms. The van der Waals surface area contributed by atoms with Gasteiger partial charge in [0.25, 0.3) is 5.91 Å². The van der Waals surface area contributed by atoms with Crippen LogP contribution in [0.4, 0.5) is 15.6 Å². The molecule has 0 atom stereocenters. The standard InChI is InChI=1S/C24H27N5O2S/c1-17-7-6-10-20(15-17)26-23(31)27-24-25-18(2)21(32-24)22(30)29-13-11-28(12-14-29)16-19-8-4-3-5-9-19/h3-10,15H,11-14,16H2,1-2H3,(H2,25,26,27,31). The molecule has 1 aromatic heterocycles. The molecule has 0 saturated carbocycles. The third kappa shape index (κ3) is 5.52. The Balaban J connectivity index is 1.32. The topological polar surface area (TPSA) is 77.6 Å². The van der Waals surface area contributed by atoms with Gasteiger partial charge in [0, 0.05) is 38.4 Å². The number of thiazole rings is 1. The van der Waals surface area contributed by atoms with Crippen molar-refractivity contribution >= 4 is 34.1 Å². The maximum Gasteiger partial charge on any atom is 0.325 e. The minimum Gasteiger partial charge on any atom is -0.335 e. The molecule has 4 rings (SSSR count). The summed E-state index contributed by atoms with van der Waals surface area (Å²) in [7, 11) is 0. The Morgan fingerprint density at radius 2 is 1.72 bits per heavy atom. The van der Waals surface area contributed by atoms with E-state index in [-0.39, 0.29) is 11.9 Å². The molecule has 7 nitrogen and oxygen atoms in total. The first-order chi connectivity index (χ1) is 15.5. The summed E-state index contributed by atoms with van der Waals surface area (Å²) < 4.78 is 0. The highest BCUT2D eigenvalue weighted by Crippen LogP contribution is 2.25. The molecular weight excluding hydrogens is 422 g/mol. The molecule has 0 radical (unpaired) electrons. The quantitative estimate of drug-likeness (QED) is 0.607. The number of hydrogen-bond acceptors (Lipinski definition) is 5. The number of piperazine rings is 1. The zero-order valence-corrected chi connectivity index (χ0v) is 19.1. The number of anilines is 2. The Labute approximate surface area is 192 Å². The number of carbonyl (C=O) groups excluding carboxylic acids is 2. The van der Waals surface area contributed by atoms with Crippen molar-refractivity contribution < 1.29 is 9.59 Å². The summed E-state index contributed by atoms with van der Waals surface area (Å²) in [6.45, 7) is 7.70. The van der Waals surface area contributed by atoms with Gasteiger partial charge >= 0.3 is 6.03 Å². The summed E-state index contributed by atoms with van der Waals surface area (Å²) >= 11 is 1.22. The highest BCUT2D eigenvalue weighted by atomic mass is 32.1. The van der Waals surface area contributed by atoms with Crippen LogP contribution in [0.1, 0.15) is 26.5 Å². The van der Waals surface area contributed by atoms with Crippen LogP contribution in [0.15, 0.2) is 54.6 Å². The van der Waals surface area contributed by atoms with E-state index in [0.717, 1.165) is 25.2 Å². The maximum absolute atomic E-state index is 13.1. The van der Waals surface area contributed by atoms with Gasteiger partial charge in [-0.2, -0.15) is 0 Å². The lowest BCUT2D eigenvalue weighted by Crippen LogP contribution is -2.48. The molecule has 2 heterocycles. The molecular formula is C24H27N5O2S. The average Bonchev–Trinajstić information content (AvgIpc) is 3.14. The molecule has 2 aromatic carbocycles. The van der Waals surface area contributed by atoms with E-state index < -0.39 is 0 Å². The highest BCUT2D eigenvalue weighted by Gasteiger charge is 2.25. The fraction of sp³-hybridized carbons (Fsp3) is 0.292. The minimum atomic E-state index is -0.377. The molecule has 1 aliphatic heterocycles. The number of nitrogens with one attached hydrogen (secondary N) is 2. The third-order valence-corrected chi connectivity index (χ3v) is 6.46. The zero-order valence-electron chi connectivity index (χ0n) is 18.3. The molecule has 2 N–H and O–H groups in total. The van der Waals surface area contributed by atoms with E-state index in [1.54, 1.807) is 6.92 Å². The summed E-state index contributed by atoms with van der Waals surface area (Å²) in [6.07, 6.45) is 0. The summed E-state index contributed by atoms with van der Waals surface area (Å²) in [5, 5.41) is 5.95. The molecule has 0 aliphatic carbocycles. The first kappa shape index (κ1) is 22.0. The van der Waals surface area contributed by atoms with Crippen LogP contribution >= 0.6 is 11.3 Å². The van der Waals surface area contributed by atoms with Crippen LogP contribution in [0.25, 0.3) is 0 Å². The van der Waals surface area contributed by atoms with Crippen molar-refractivity contribution in [3.8, 4) is 0 Å². The predicted octanol–water partition coefficient (Wildman–Crippen LogP) is 4.36. The Kier molecular flexibility index (Phi) is 6.82. The molecule has 1 fully saturated rings. The van der Waals surface area contributed by atoms with E-state index in [1.807, 2.05) is 42.2 Å². The van der Waals surface area contributed by atoms with Crippen molar-refractivity contribution in [3.05, 3.63) is 76.3 Å². The first-order valence-electron chi connectivity index (χ1n) is 10.7. The maximum atomic E-state index is 13.1. The molecule has 0 unspecified atom stereocenters. The van der Waals surface area contributed by atoms with Gasteiger partial charge in [-0.15, -0.1) is 0 Å². The summed E-state index contributed by atoms with van der Waals surface area (Å²) in [5.41, 5.74) is 3.69. The fourth-order valence-corrected chi connectivity index (χ4v) is 4.65. The van der Waals surface area contributed by atoms with Crippen molar-refractivity contribution in [3.63, 3.8) is 0 Å². The van der Waals surface area contributed by atoms with Crippen LogP contribution in [-0.2, 0) is 6.54 Å². The van der Waals surface area contributed by atoms with Gasteiger partial charge in [-0.3, -0.25) is 15.0 Å². The van der Waals surface area contributed by atoms with E-state index in [9.17, 15) is 9.59 Å². The molecule has 3 amide bonds. The third-order valence-electron chi connectivity index (χ3n) is 5.40. The number of aryl methyl sites for hydroxylation is 2. The first-order valence-corrected chi connectivity index (χ1v) is 11.5. The van der Waals surface area contributed by atoms with E-state index in [4.69, 9.17) is 0 Å². The summed E-state index contributed by atoms with van der Waals surface area (Å²) in [4.78, 5) is 34.6. The lowest BCUT2D eigenvalue weighted by Gasteiger charge is -2.34. The van der Waals surface area contributed by atoms with Crippen LogP contribution in [-0.4, -0.2) is 52.9 Å². The monoisotopic (exact) mass is 449 g/mol. The minimum absolute atomic E-state index is 0.0218. The Morgan fingerprint density at radius 1 is 0.969 bits per heavy atom. The van der Waals surface area contributed by atoms with Gasteiger partial charge < -0.3 is 10.2 Å². The molecule has 1 aliphatic rings. The smallest absolute Gasteiger partial charge is 0.325 e. The SMILES string of the molecule is Cc1cccc(NC(=O)Nc2nc(C)c(C(=O)N3CCN(Cc4ccccc4)CC3)s2)c1. The fourth-order valence-electron chi connectivity index (χ4n) is 3.72. The van der Waals surface area contributed by atoms with Crippen LogP contribution < -0.4 is 10.6 Å². The van der Waals surface area contributed by atoms with E-state index in [2.05, 4.69) is 44.8 Å². The van der Waals surface area contributed by atoms with Gasteiger partial charge in [0.05, 0.1) is 5.69 Å². The van der Waals surface area contributed by atoms with Crippen LogP contribution in [0.5, 0.6) is 0 Å². The molecule has 3 aromatic rings. The van der Waals surface area contributed by atoms with Gasteiger partial charge in [0.1, 0.15) is 4.88 Å². The van der Waals surface area contributed by atoms with Crippen molar-refractivity contribution in [2.45, 2.75) is 20.4 Å². The van der Waals surface area contributed by atoms with Crippen LogP contribution in [0, 0.1) is 13.8 Å². The second-order valence-electron chi connectivity index (χ2n) is 7.94. The van der Waals surface area contributed by atoms with Gasteiger partial charge in [0.2, 0.25) is 0 Å². The average molecular weight is 450 g/mol. The van der Waals surface area contributed by atoms with Gasteiger partial charge in [-0.05, 0) is 37.1 Å². The molecule has 0 spiro atoms. The molecule has 32 heavy (non-hydrogen) atoms. The Hall–Kier alpha value is -3.23. The number of nitrogens with zero attached hydrogens (tertiary/aromatic N) is 3. The number of aromatic nitrogens is 1. The molecule has 1 saturated heterocycles. The van der Waals surface area contributed by atoms with Crippen molar-refractivity contribution in [1.82, 2.24) is 14.8 Å². The number of benzene rings is 2. The van der Waals surface area contributed by atoms with Crippen molar-refractivity contribution in [2.75, 3.05) is 36.8 Å². The van der Waals surface area contributed by atoms with Gasteiger partial charge in [-0.25, -0.2) is 9.78 Å². The number of urea groups is 1. The zero-order chi connectivity index (χ0) is 22.5. The van der Waals surface area contributed by atoms with Crippen molar-refractivity contribution in [1.29, 1.82) is 0 Å². The molecule has 0 bridgehead atoms. The lowest BCUT2D eigenvalue weighted by atomic mass is 10.2. The summed E-state index contributed by atoms with van der Waals surface area (Å²) in [5.74, 6) is -0.0218. The largest absolute Gasteiger partial charge is 0.335 e. The summed E-state index contributed by atoms with van der Waals surface area (Å²) in [6, 6.07) is 17.6. The number of carbonyl (C=O) groups is 2. The predicted molar refractivity (Wildman–Crippen MR) is 128 cm³/mol. The second-order valence-corrected chi connectivity index (χ2v) is 8.94. The Bertz CT molecular complexity index is 1090. The highest BCUT2D eigenvalue weighted by molar-refractivity contribution is 7.17. The van der Waals surface area contributed by atoms with Crippen LogP contribution in [0.2, 0.25) is 0 Å². The molecule has 166 valence electrons.